The summed E-state index contributed by atoms with van der Waals surface area (Å²) in [6.45, 7) is 3.87. The first-order valence-corrected chi connectivity index (χ1v) is 13.4. The summed E-state index contributed by atoms with van der Waals surface area (Å²) in [5, 5.41) is 23.0. The van der Waals surface area contributed by atoms with Gasteiger partial charge < -0.3 is 15.2 Å². The SMILES string of the molecule is CCOc1ccc(NC(=O)c2cc3ccccc3c(N=Nc3c(S(=O)(=O)O)ccc(C)c3Cl)c2O)cc1Cl. The molecule has 1 amide bonds. The molecule has 0 aromatic heterocycles. The molecule has 0 radical (unpaired) electrons. The molecule has 0 heterocycles. The second-order valence-electron chi connectivity index (χ2n) is 8.09. The molecule has 0 fully saturated rings. The van der Waals surface area contributed by atoms with E-state index in [-0.39, 0.29) is 22.0 Å². The van der Waals surface area contributed by atoms with Gasteiger partial charge in [-0.2, -0.15) is 8.42 Å². The maximum absolute atomic E-state index is 13.2. The van der Waals surface area contributed by atoms with Gasteiger partial charge >= 0.3 is 0 Å². The smallest absolute Gasteiger partial charge is 0.296 e. The summed E-state index contributed by atoms with van der Waals surface area (Å²) in [5.41, 5.74) is 0.328. The lowest BCUT2D eigenvalue weighted by atomic mass is 10.0. The number of benzene rings is 4. The highest BCUT2D eigenvalue weighted by atomic mass is 35.5. The highest BCUT2D eigenvalue weighted by Crippen LogP contribution is 2.42. The molecule has 196 valence electrons. The van der Waals surface area contributed by atoms with E-state index < -0.39 is 26.7 Å². The minimum absolute atomic E-state index is 0.0473. The van der Waals surface area contributed by atoms with Crippen LogP contribution in [0, 0.1) is 6.92 Å². The third-order valence-electron chi connectivity index (χ3n) is 5.53. The number of aryl methyl sites for hydroxylation is 1. The number of anilines is 1. The van der Waals surface area contributed by atoms with Crippen molar-refractivity contribution in [2.24, 2.45) is 10.2 Å². The number of nitrogens with zero attached hydrogens (tertiary/aromatic N) is 2. The molecule has 3 N–H and O–H groups in total. The molecule has 0 saturated heterocycles. The molecule has 0 bridgehead atoms. The van der Waals surface area contributed by atoms with E-state index in [4.69, 9.17) is 27.9 Å². The van der Waals surface area contributed by atoms with Crippen LogP contribution in [-0.2, 0) is 10.1 Å². The van der Waals surface area contributed by atoms with Crippen LogP contribution in [0.2, 0.25) is 10.0 Å². The van der Waals surface area contributed by atoms with E-state index in [1.165, 1.54) is 18.2 Å². The van der Waals surface area contributed by atoms with Crippen LogP contribution < -0.4 is 10.1 Å². The normalized spacial score (nSPS) is 11.7. The Balaban J connectivity index is 1.80. The van der Waals surface area contributed by atoms with Gasteiger partial charge in [0.2, 0.25) is 0 Å². The summed E-state index contributed by atoms with van der Waals surface area (Å²) < 4.78 is 38.8. The van der Waals surface area contributed by atoms with Gasteiger partial charge in [-0.05, 0) is 55.1 Å². The molecule has 4 rings (SSSR count). The number of rotatable bonds is 7. The van der Waals surface area contributed by atoms with Crippen LogP contribution in [0.1, 0.15) is 22.8 Å². The Morgan fingerprint density at radius 3 is 2.42 bits per heavy atom. The van der Waals surface area contributed by atoms with Crippen LogP contribution in [0.5, 0.6) is 11.5 Å². The molecule has 0 aliphatic rings. The first-order chi connectivity index (χ1) is 18.0. The quantitative estimate of drug-likeness (QED) is 0.155. The third kappa shape index (κ3) is 5.58. The number of phenolic OH excluding ortho intramolecular Hbond substituents is 1. The first kappa shape index (κ1) is 27.3. The lowest BCUT2D eigenvalue weighted by molar-refractivity contribution is 0.102. The van der Waals surface area contributed by atoms with E-state index in [0.29, 0.717) is 39.4 Å². The molecule has 0 saturated carbocycles. The number of aromatic hydroxyl groups is 1. The van der Waals surface area contributed by atoms with Gasteiger partial charge in [-0.1, -0.05) is 53.5 Å². The number of hydrogen-bond acceptors (Lipinski definition) is 7. The minimum Gasteiger partial charge on any atom is -0.505 e. The summed E-state index contributed by atoms with van der Waals surface area (Å²) >= 11 is 12.5. The largest absolute Gasteiger partial charge is 0.505 e. The van der Waals surface area contributed by atoms with Crippen LogP contribution in [0.4, 0.5) is 17.1 Å². The van der Waals surface area contributed by atoms with E-state index in [2.05, 4.69) is 15.5 Å². The highest BCUT2D eigenvalue weighted by molar-refractivity contribution is 7.86. The number of amides is 1. The fourth-order valence-corrected chi connectivity index (χ4v) is 4.81. The number of halogens is 2. The van der Waals surface area contributed by atoms with Crippen molar-refractivity contribution in [2.75, 3.05) is 11.9 Å². The van der Waals surface area contributed by atoms with E-state index in [0.717, 1.165) is 6.07 Å². The number of carbonyl (C=O) groups excluding carboxylic acids is 1. The first-order valence-electron chi connectivity index (χ1n) is 11.2. The van der Waals surface area contributed by atoms with Crippen LogP contribution >= 0.6 is 23.2 Å². The van der Waals surface area contributed by atoms with Gasteiger partial charge in [0, 0.05) is 11.1 Å². The zero-order valence-electron chi connectivity index (χ0n) is 20.1. The molecule has 9 nitrogen and oxygen atoms in total. The zero-order chi connectivity index (χ0) is 27.6. The van der Waals surface area contributed by atoms with Crippen molar-refractivity contribution in [2.45, 2.75) is 18.7 Å². The van der Waals surface area contributed by atoms with Crippen molar-refractivity contribution in [1.82, 2.24) is 0 Å². The second-order valence-corrected chi connectivity index (χ2v) is 10.3. The van der Waals surface area contributed by atoms with Crippen LogP contribution in [0.3, 0.4) is 0 Å². The monoisotopic (exact) mass is 573 g/mol. The van der Waals surface area contributed by atoms with Crippen molar-refractivity contribution in [1.29, 1.82) is 0 Å². The van der Waals surface area contributed by atoms with Crippen molar-refractivity contribution in [3.05, 3.63) is 81.8 Å². The lowest BCUT2D eigenvalue weighted by Gasteiger charge is -2.12. The molecule has 0 atom stereocenters. The Morgan fingerprint density at radius 1 is 1.03 bits per heavy atom. The predicted octanol–water partition coefficient (Wildman–Crippen LogP) is 7.47. The summed E-state index contributed by atoms with van der Waals surface area (Å²) in [7, 11) is -4.68. The van der Waals surface area contributed by atoms with Crippen molar-refractivity contribution in [3.63, 3.8) is 0 Å². The van der Waals surface area contributed by atoms with Crippen molar-refractivity contribution >= 4 is 67.1 Å². The Morgan fingerprint density at radius 2 is 1.74 bits per heavy atom. The summed E-state index contributed by atoms with van der Waals surface area (Å²) in [4.78, 5) is 12.6. The average molecular weight is 574 g/mol. The average Bonchev–Trinajstić information content (AvgIpc) is 2.86. The van der Waals surface area contributed by atoms with Gasteiger partial charge in [0.25, 0.3) is 16.0 Å². The Kier molecular flexibility index (Phi) is 7.89. The maximum atomic E-state index is 13.2. The minimum atomic E-state index is -4.68. The number of phenols is 1. The van der Waals surface area contributed by atoms with Crippen LogP contribution in [0.25, 0.3) is 10.8 Å². The second kappa shape index (κ2) is 11.0. The van der Waals surface area contributed by atoms with Gasteiger partial charge in [-0.3, -0.25) is 9.35 Å². The fourth-order valence-electron chi connectivity index (χ4n) is 3.69. The maximum Gasteiger partial charge on any atom is 0.296 e. The van der Waals surface area contributed by atoms with Gasteiger partial charge in [-0.25, -0.2) is 0 Å². The van der Waals surface area contributed by atoms with Gasteiger partial charge in [0.15, 0.2) is 5.75 Å². The molecule has 0 aliphatic heterocycles. The topological polar surface area (TPSA) is 138 Å². The number of azo groups is 1. The van der Waals surface area contributed by atoms with Gasteiger partial charge in [0.05, 0.1) is 22.2 Å². The van der Waals surface area contributed by atoms with Crippen molar-refractivity contribution < 1.29 is 27.6 Å². The number of ether oxygens (including phenoxy) is 1. The van der Waals surface area contributed by atoms with Gasteiger partial charge in [-0.15, -0.1) is 10.2 Å². The Labute approximate surface area is 228 Å². The molecule has 4 aromatic carbocycles. The Bertz CT molecular complexity index is 1710. The molecule has 0 aliphatic carbocycles. The van der Waals surface area contributed by atoms with E-state index in [1.54, 1.807) is 43.3 Å². The molecular weight excluding hydrogens is 553 g/mol. The van der Waals surface area contributed by atoms with Crippen LogP contribution in [-0.4, -0.2) is 30.6 Å². The summed E-state index contributed by atoms with van der Waals surface area (Å²) in [6, 6.07) is 15.6. The highest BCUT2D eigenvalue weighted by Gasteiger charge is 2.22. The molecule has 0 unspecified atom stereocenters. The van der Waals surface area contributed by atoms with E-state index in [1.807, 2.05) is 6.92 Å². The molecule has 0 spiro atoms. The summed E-state index contributed by atoms with van der Waals surface area (Å²) in [6.07, 6.45) is 0. The molecule has 4 aromatic rings. The van der Waals surface area contributed by atoms with E-state index >= 15 is 0 Å². The molecule has 12 heteroatoms. The van der Waals surface area contributed by atoms with Crippen LogP contribution in [0.15, 0.2) is 75.8 Å². The number of nitrogens with one attached hydrogen (secondary N) is 1. The molecule has 38 heavy (non-hydrogen) atoms. The standard InChI is InChI=1S/C26H21Cl2N3O6S/c1-3-37-20-10-9-16(13-19(20)27)29-26(33)18-12-15-6-4-5-7-17(15)23(25(18)32)30-31-24-21(38(34,35)36)11-8-14(2)22(24)28/h4-13,32H,3H2,1-2H3,(H,29,33)(H,34,35,36). The number of fused-ring (bicyclic) bond motifs is 1. The third-order valence-corrected chi connectivity index (χ3v) is 7.19. The fraction of sp³-hybridized carbons (Fsp3) is 0.115. The summed E-state index contributed by atoms with van der Waals surface area (Å²) in [5.74, 6) is -0.696. The van der Waals surface area contributed by atoms with Crippen molar-refractivity contribution in [3.8, 4) is 11.5 Å². The van der Waals surface area contributed by atoms with E-state index in [9.17, 15) is 22.9 Å². The Hall–Kier alpha value is -3.70. The molecular formula is C26H21Cl2N3O6S. The number of hydrogen-bond donors (Lipinski definition) is 3. The van der Waals surface area contributed by atoms with Gasteiger partial charge in [0.1, 0.15) is 22.0 Å². The zero-order valence-corrected chi connectivity index (χ0v) is 22.4. The lowest BCUT2D eigenvalue weighted by Crippen LogP contribution is -2.12. The predicted molar refractivity (Wildman–Crippen MR) is 146 cm³/mol. The number of carbonyl (C=O) groups is 1.